The predicted molar refractivity (Wildman–Crippen MR) is 66.0 cm³/mol. The molecule has 16 heavy (non-hydrogen) atoms. The Morgan fingerprint density at radius 2 is 2.06 bits per heavy atom. The van der Waals surface area contributed by atoms with E-state index in [4.69, 9.17) is 11.6 Å². The summed E-state index contributed by atoms with van der Waals surface area (Å²) in [5.74, 6) is 0.218. The maximum absolute atomic E-state index is 9.92. The van der Waals surface area contributed by atoms with Crippen LogP contribution in [0.3, 0.4) is 0 Å². The van der Waals surface area contributed by atoms with E-state index in [0.29, 0.717) is 5.02 Å². The monoisotopic (exact) mass is 240 g/mol. The second kappa shape index (κ2) is 5.04. The van der Waals surface area contributed by atoms with E-state index < -0.39 is 0 Å². The smallest absolute Gasteiger partial charge is 0.138 e. The Hall–Kier alpha value is -0.770. The van der Waals surface area contributed by atoms with Gasteiger partial charge < -0.3 is 10.4 Å². The van der Waals surface area contributed by atoms with Gasteiger partial charge >= 0.3 is 0 Å². The van der Waals surface area contributed by atoms with Crippen LogP contribution < -0.4 is 5.32 Å². The third kappa shape index (κ3) is 2.32. The number of phenols is 1. The van der Waals surface area contributed by atoms with Crippen molar-refractivity contribution < 1.29 is 5.11 Å². The van der Waals surface area contributed by atoms with E-state index in [1.807, 2.05) is 12.1 Å². The Kier molecular flexibility index (Phi) is 3.69. The molecule has 0 radical (unpaired) electrons. The van der Waals surface area contributed by atoms with Gasteiger partial charge in [0.1, 0.15) is 5.75 Å². The maximum atomic E-state index is 9.92. The van der Waals surface area contributed by atoms with E-state index in [1.165, 1.54) is 0 Å². The van der Waals surface area contributed by atoms with Crippen molar-refractivity contribution in [3.05, 3.63) is 28.8 Å². The molecule has 0 spiro atoms. The van der Waals surface area contributed by atoms with Crippen molar-refractivity contribution >= 4 is 11.6 Å². The van der Waals surface area contributed by atoms with Gasteiger partial charge in [-0.1, -0.05) is 23.7 Å². The van der Waals surface area contributed by atoms with E-state index in [1.54, 1.807) is 6.07 Å². The second-order valence-electron chi connectivity index (χ2n) is 4.14. The molecule has 1 fully saturated rings. The molecule has 0 aliphatic carbocycles. The summed E-state index contributed by atoms with van der Waals surface area (Å²) in [4.78, 5) is 2.35. The van der Waals surface area contributed by atoms with Crippen molar-refractivity contribution in [2.24, 2.45) is 0 Å². The van der Waals surface area contributed by atoms with Crippen LogP contribution in [0.4, 0.5) is 0 Å². The van der Waals surface area contributed by atoms with Gasteiger partial charge in [0.25, 0.3) is 0 Å². The fourth-order valence-electron chi connectivity index (χ4n) is 2.14. The molecule has 4 heteroatoms. The summed E-state index contributed by atoms with van der Waals surface area (Å²) >= 11 is 5.92. The molecule has 0 aromatic heterocycles. The number of benzene rings is 1. The van der Waals surface area contributed by atoms with E-state index >= 15 is 0 Å². The summed E-state index contributed by atoms with van der Waals surface area (Å²) in [6, 6.07) is 5.75. The summed E-state index contributed by atoms with van der Waals surface area (Å²) in [6.45, 7) is 6.13. The minimum atomic E-state index is 0.209. The van der Waals surface area contributed by atoms with Crippen LogP contribution in [-0.2, 0) is 0 Å². The van der Waals surface area contributed by atoms with E-state index in [0.717, 1.165) is 31.7 Å². The molecule has 1 atom stereocenters. The highest BCUT2D eigenvalue weighted by Gasteiger charge is 2.20. The Balaban J connectivity index is 2.19. The number of hydrogen-bond donors (Lipinski definition) is 2. The first-order valence-electron chi connectivity index (χ1n) is 5.62. The van der Waals surface area contributed by atoms with Gasteiger partial charge in [-0.3, -0.25) is 4.90 Å². The van der Waals surface area contributed by atoms with Crippen molar-refractivity contribution in [1.29, 1.82) is 0 Å². The van der Waals surface area contributed by atoms with Crippen LogP contribution in [0, 0.1) is 0 Å². The van der Waals surface area contributed by atoms with Gasteiger partial charge in [0.15, 0.2) is 0 Å². The number of halogens is 1. The van der Waals surface area contributed by atoms with Crippen molar-refractivity contribution in [1.82, 2.24) is 10.2 Å². The van der Waals surface area contributed by atoms with Gasteiger partial charge in [-0.05, 0) is 13.0 Å². The Morgan fingerprint density at radius 3 is 2.75 bits per heavy atom. The predicted octanol–water partition coefficient (Wildman–Crippen LogP) is 2.01. The largest absolute Gasteiger partial charge is 0.506 e. The number of nitrogens with zero attached hydrogens (tertiary/aromatic N) is 1. The molecule has 1 aromatic carbocycles. The normalized spacial score (nSPS) is 19.6. The van der Waals surface area contributed by atoms with Crippen molar-refractivity contribution in [3.63, 3.8) is 0 Å². The quantitative estimate of drug-likeness (QED) is 0.830. The fourth-order valence-corrected chi connectivity index (χ4v) is 2.32. The highest BCUT2D eigenvalue weighted by Crippen LogP contribution is 2.33. The van der Waals surface area contributed by atoms with E-state index in [2.05, 4.69) is 17.1 Å². The number of rotatable bonds is 2. The molecule has 0 unspecified atom stereocenters. The first kappa shape index (κ1) is 11.7. The third-order valence-corrected chi connectivity index (χ3v) is 3.47. The summed E-state index contributed by atoms with van der Waals surface area (Å²) in [5, 5.41) is 13.7. The molecule has 2 rings (SSSR count). The zero-order chi connectivity index (χ0) is 11.5. The zero-order valence-corrected chi connectivity index (χ0v) is 10.2. The average molecular weight is 241 g/mol. The number of piperazine rings is 1. The topological polar surface area (TPSA) is 35.5 Å². The first-order valence-corrected chi connectivity index (χ1v) is 6.00. The minimum Gasteiger partial charge on any atom is -0.506 e. The van der Waals surface area contributed by atoms with E-state index in [9.17, 15) is 5.11 Å². The van der Waals surface area contributed by atoms with Gasteiger partial charge in [-0.15, -0.1) is 0 Å². The zero-order valence-electron chi connectivity index (χ0n) is 9.41. The lowest BCUT2D eigenvalue weighted by Crippen LogP contribution is -2.44. The molecule has 1 saturated heterocycles. The standard InChI is InChI=1S/C12H17ClN2O/c1-9(15-7-5-14-6-8-15)10-3-2-4-11(13)12(10)16/h2-4,9,14,16H,5-8H2,1H3/t9-/m1/s1. The van der Waals surface area contributed by atoms with Crippen LogP contribution in [0.2, 0.25) is 5.02 Å². The lowest BCUT2D eigenvalue weighted by molar-refractivity contribution is 0.183. The molecule has 2 N–H and O–H groups in total. The van der Waals surface area contributed by atoms with Crippen LogP contribution in [0.15, 0.2) is 18.2 Å². The van der Waals surface area contributed by atoms with E-state index in [-0.39, 0.29) is 11.8 Å². The molecule has 3 nitrogen and oxygen atoms in total. The summed E-state index contributed by atoms with van der Waals surface area (Å²) in [5.41, 5.74) is 0.911. The highest BCUT2D eigenvalue weighted by molar-refractivity contribution is 6.32. The van der Waals surface area contributed by atoms with Crippen molar-refractivity contribution in [3.8, 4) is 5.75 Å². The van der Waals surface area contributed by atoms with Gasteiger partial charge in [0.2, 0.25) is 0 Å². The van der Waals surface area contributed by atoms with Crippen LogP contribution in [0.1, 0.15) is 18.5 Å². The van der Waals surface area contributed by atoms with Gasteiger partial charge in [0, 0.05) is 37.8 Å². The summed E-state index contributed by atoms with van der Waals surface area (Å²) in [6.07, 6.45) is 0. The Morgan fingerprint density at radius 1 is 1.38 bits per heavy atom. The molecule has 1 aliphatic heterocycles. The van der Waals surface area contributed by atoms with Gasteiger partial charge in [-0.2, -0.15) is 0 Å². The molecule has 0 saturated carbocycles. The van der Waals surface area contributed by atoms with Gasteiger partial charge in [0.05, 0.1) is 5.02 Å². The molecular formula is C12H17ClN2O. The second-order valence-corrected chi connectivity index (χ2v) is 4.55. The maximum Gasteiger partial charge on any atom is 0.138 e. The SMILES string of the molecule is C[C@H](c1cccc(Cl)c1O)N1CCNCC1. The molecule has 0 amide bonds. The van der Waals surface area contributed by atoms with Crippen LogP contribution >= 0.6 is 11.6 Å². The highest BCUT2D eigenvalue weighted by atomic mass is 35.5. The lowest BCUT2D eigenvalue weighted by Gasteiger charge is -2.33. The number of hydrogen-bond acceptors (Lipinski definition) is 3. The van der Waals surface area contributed by atoms with Crippen molar-refractivity contribution in [2.45, 2.75) is 13.0 Å². The lowest BCUT2D eigenvalue weighted by atomic mass is 10.1. The molecule has 1 heterocycles. The number of nitrogens with one attached hydrogen (secondary N) is 1. The average Bonchev–Trinajstić information content (AvgIpc) is 2.33. The first-order chi connectivity index (χ1) is 7.70. The number of para-hydroxylation sites is 1. The molecular weight excluding hydrogens is 224 g/mol. The van der Waals surface area contributed by atoms with Gasteiger partial charge in [-0.25, -0.2) is 0 Å². The summed E-state index contributed by atoms with van der Waals surface area (Å²) in [7, 11) is 0. The number of phenolic OH excluding ortho intramolecular Hbond substituents is 1. The molecule has 1 aliphatic rings. The van der Waals surface area contributed by atoms with Crippen LogP contribution in [0.5, 0.6) is 5.75 Å². The Bertz CT molecular complexity index is 364. The Labute approximate surface area is 101 Å². The molecule has 0 bridgehead atoms. The van der Waals surface area contributed by atoms with Crippen molar-refractivity contribution in [2.75, 3.05) is 26.2 Å². The summed E-state index contributed by atoms with van der Waals surface area (Å²) < 4.78 is 0. The van der Waals surface area contributed by atoms with Crippen LogP contribution in [-0.4, -0.2) is 36.2 Å². The molecule has 1 aromatic rings. The fraction of sp³-hybridized carbons (Fsp3) is 0.500. The minimum absolute atomic E-state index is 0.209. The van der Waals surface area contributed by atoms with Crippen LogP contribution in [0.25, 0.3) is 0 Å². The number of aromatic hydroxyl groups is 1. The molecule has 88 valence electrons. The third-order valence-electron chi connectivity index (χ3n) is 3.17.